The van der Waals surface area contributed by atoms with Crippen LogP contribution in [0, 0.1) is 10.1 Å². The molecule has 0 atom stereocenters. The van der Waals surface area contributed by atoms with Crippen molar-refractivity contribution in [3.8, 4) is 5.75 Å². The third kappa shape index (κ3) is 3.95. The number of nitrogens with one attached hydrogen (secondary N) is 1. The molecule has 0 aliphatic carbocycles. The number of esters is 1. The Kier molecular flexibility index (Phi) is 4.81. The van der Waals surface area contributed by atoms with Crippen LogP contribution in [0.3, 0.4) is 0 Å². The van der Waals surface area contributed by atoms with Crippen molar-refractivity contribution in [1.82, 2.24) is 5.32 Å². The van der Waals surface area contributed by atoms with Gasteiger partial charge in [-0.2, -0.15) is 0 Å². The first-order valence-electron chi connectivity index (χ1n) is 7.24. The largest absolute Gasteiger partial charge is 0.423 e. The summed E-state index contributed by atoms with van der Waals surface area (Å²) in [7, 11) is 0. The highest BCUT2D eigenvalue weighted by atomic mass is 32.2. The minimum Gasteiger partial charge on any atom is -0.423 e. The van der Waals surface area contributed by atoms with E-state index in [1.54, 1.807) is 18.2 Å². The minimum absolute atomic E-state index is 0.128. The molecule has 9 heteroatoms. The maximum Gasteiger partial charge on any atom is 0.343 e. The lowest BCUT2D eigenvalue weighted by Crippen LogP contribution is -2.17. The smallest absolute Gasteiger partial charge is 0.343 e. The molecule has 8 nitrogen and oxygen atoms in total. The average Bonchev–Trinajstić information content (AvgIpc) is 2.92. The molecule has 130 valence electrons. The average molecular weight is 370 g/mol. The van der Waals surface area contributed by atoms with Gasteiger partial charge in [-0.1, -0.05) is 12.1 Å². The van der Waals surface area contributed by atoms with Crippen molar-refractivity contribution in [2.24, 2.45) is 0 Å². The Hall–Kier alpha value is -3.46. The molecule has 1 fully saturated rings. The second-order valence-corrected chi connectivity index (χ2v) is 6.13. The van der Waals surface area contributed by atoms with Crippen molar-refractivity contribution >= 4 is 40.6 Å². The first-order chi connectivity index (χ1) is 12.4. The summed E-state index contributed by atoms with van der Waals surface area (Å²) in [4.78, 5) is 45.2. The molecule has 1 aliphatic rings. The highest BCUT2D eigenvalue weighted by Crippen LogP contribution is 2.26. The molecule has 0 aromatic heterocycles. The molecule has 2 aromatic rings. The van der Waals surface area contributed by atoms with E-state index in [4.69, 9.17) is 4.74 Å². The van der Waals surface area contributed by atoms with Gasteiger partial charge in [-0.15, -0.1) is 0 Å². The lowest BCUT2D eigenvalue weighted by atomic mass is 10.2. The van der Waals surface area contributed by atoms with E-state index in [1.807, 2.05) is 0 Å². The summed E-state index contributed by atoms with van der Waals surface area (Å²) in [6, 6.07) is 11.4. The number of nitro groups is 1. The number of thioether (sulfide) groups is 1. The fourth-order valence-corrected chi connectivity index (χ4v) is 2.81. The van der Waals surface area contributed by atoms with Crippen molar-refractivity contribution in [2.75, 3.05) is 0 Å². The van der Waals surface area contributed by atoms with Gasteiger partial charge in [0.15, 0.2) is 0 Å². The zero-order valence-electron chi connectivity index (χ0n) is 13.0. The second kappa shape index (κ2) is 7.19. The first kappa shape index (κ1) is 17.4. The van der Waals surface area contributed by atoms with Gasteiger partial charge in [0.25, 0.3) is 16.8 Å². The number of hydrogen-bond donors (Lipinski definition) is 1. The fraction of sp³-hybridized carbons (Fsp3) is 0. The number of nitrogens with zero attached hydrogens (tertiary/aromatic N) is 1. The molecule has 0 unspecified atom stereocenters. The van der Waals surface area contributed by atoms with Crippen LogP contribution in [0.25, 0.3) is 6.08 Å². The van der Waals surface area contributed by atoms with Gasteiger partial charge in [-0.25, -0.2) is 4.79 Å². The molecular weight excluding hydrogens is 360 g/mol. The molecule has 1 N–H and O–H groups in total. The van der Waals surface area contributed by atoms with Crippen molar-refractivity contribution < 1.29 is 24.0 Å². The van der Waals surface area contributed by atoms with E-state index >= 15 is 0 Å². The SMILES string of the molecule is O=C1NC(=O)/C(=C\c2cccc(OC(=O)c3ccc([N+](=O)[O-])cc3)c2)S1. The van der Waals surface area contributed by atoms with E-state index in [0.29, 0.717) is 5.56 Å². The van der Waals surface area contributed by atoms with Crippen LogP contribution in [-0.2, 0) is 4.79 Å². The number of carbonyl (C=O) groups is 3. The summed E-state index contributed by atoms with van der Waals surface area (Å²) >= 11 is 0.788. The van der Waals surface area contributed by atoms with Crippen LogP contribution >= 0.6 is 11.8 Å². The van der Waals surface area contributed by atoms with Crippen LogP contribution < -0.4 is 10.1 Å². The Labute approximate surface area is 151 Å². The molecule has 1 heterocycles. The number of benzene rings is 2. The van der Waals surface area contributed by atoms with Gasteiger partial charge in [0.1, 0.15) is 5.75 Å². The summed E-state index contributed by atoms with van der Waals surface area (Å²) in [5.74, 6) is -0.918. The van der Waals surface area contributed by atoms with E-state index in [0.717, 1.165) is 11.8 Å². The fourth-order valence-electron chi connectivity index (χ4n) is 2.13. The van der Waals surface area contributed by atoms with Gasteiger partial charge in [0.05, 0.1) is 15.4 Å². The monoisotopic (exact) mass is 370 g/mol. The molecule has 0 spiro atoms. The molecular formula is C17H10N2O6S. The molecule has 0 radical (unpaired) electrons. The molecule has 1 aliphatic heterocycles. The van der Waals surface area contributed by atoms with E-state index in [1.165, 1.54) is 36.4 Å². The number of rotatable bonds is 4. The number of amides is 2. The molecule has 2 aromatic carbocycles. The molecule has 1 saturated heterocycles. The lowest BCUT2D eigenvalue weighted by molar-refractivity contribution is -0.384. The van der Waals surface area contributed by atoms with E-state index in [2.05, 4.69) is 5.32 Å². The Morgan fingerprint density at radius 1 is 1.15 bits per heavy atom. The van der Waals surface area contributed by atoms with Crippen molar-refractivity contribution in [3.05, 3.63) is 74.7 Å². The Bertz CT molecular complexity index is 952. The number of imide groups is 1. The molecule has 3 rings (SSSR count). The zero-order valence-corrected chi connectivity index (χ0v) is 13.8. The number of hydrogen-bond acceptors (Lipinski definition) is 7. The van der Waals surface area contributed by atoms with Crippen LogP contribution in [0.15, 0.2) is 53.4 Å². The van der Waals surface area contributed by atoms with Crippen molar-refractivity contribution in [1.29, 1.82) is 0 Å². The Balaban J connectivity index is 1.75. The highest BCUT2D eigenvalue weighted by molar-refractivity contribution is 8.18. The zero-order chi connectivity index (χ0) is 18.7. The maximum absolute atomic E-state index is 12.1. The van der Waals surface area contributed by atoms with Gasteiger partial charge in [0, 0.05) is 12.1 Å². The molecule has 0 saturated carbocycles. The second-order valence-electron chi connectivity index (χ2n) is 5.12. The van der Waals surface area contributed by atoms with E-state index in [9.17, 15) is 24.5 Å². The number of nitro benzene ring substituents is 1. The Morgan fingerprint density at radius 2 is 1.88 bits per heavy atom. The molecule has 26 heavy (non-hydrogen) atoms. The Morgan fingerprint density at radius 3 is 2.50 bits per heavy atom. The third-order valence-corrected chi connectivity index (χ3v) is 4.13. The number of ether oxygens (including phenoxy) is 1. The quantitative estimate of drug-likeness (QED) is 0.289. The van der Waals surface area contributed by atoms with Gasteiger partial charge < -0.3 is 4.74 Å². The standard InChI is InChI=1S/C17H10N2O6S/c20-15-14(26-17(22)18-15)9-10-2-1-3-13(8-10)25-16(21)11-4-6-12(7-5-11)19(23)24/h1-9H,(H,18,20,22)/b14-9+. The van der Waals surface area contributed by atoms with Gasteiger partial charge in [-0.05, 0) is 47.7 Å². The lowest BCUT2D eigenvalue weighted by Gasteiger charge is -2.05. The summed E-state index contributed by atoms with van der Waals surface area (Å²) in [6.45, 7) is 0. The van der Waals surface area contributed by atoms with E-state index in [-0.39, 0.29) is 21.9 Å². The third-order valence-electron chi connectivity index (χ3n) is 3.32. The van der Waals surface area contributed by atoms with E-state index < -0.39 is 22.0 Å². The first-order valence-corrected chi connectivity index (χ1v) is 8.05. The molecule has 0 bridgehead atoms. The van der Waals surface area contributed by atoms with Gasteiger partial charge >= 0.3 is 5.97 Å². The highest BCUT2D eigenvalue weighted by Gasteiger charge is 2.24. The number of carbonyl (C=O) groups excluding carboxylic acids is 3. The topological polar surface area (TPSA) is 116 Å². The van der Waals surface area contributed by atoms with Crippen LogP contribution in [0.1, 0.15) is 15.9 Å². The maximum atomic E-state index is 12.1. The summed E-state index contributed by atoms with van der Waals surface area (Å²) in [5.41, 5.74) is 0.610. The van der Waals surface area contributed by atoms with Crippen LogP contribution in [-0.4, -0.2) is 22.0 Å². The van der Waals surface area contributed by atoms with Crippen LogP contribution in [0.4, 0.5) is 10.5 Å². The normalized spacial score (nSPS) is 15.0. The van der Waals surface area contributed by atoms with Crippen molar-refractivity contribution in [3.63, 3.8) is 0 Å². The predicted molar refractivity (Wildman–Crippen MR) is 93.6 cm³/mol. The van der Waals surface area contributed by atoms with Crippen molar-refractivity contribution in [2.45, 2.75) is 0 Å². The summed E-state index contributed by atoms with van der Waals surface area (Å²) in [5, 5.41) is 12.3. The predicted octanol–water partition coefficient (Wildman–Crippen LogP) is 3.14. The summed E-state index contributed by atoms with van der Waals surface area (Å²) in [6.07, 6.45) is 1.51. The molecule has 2 amide bonds. The van der Waals surface area contributed by atoms with Gasteiger partial charge in [0.2, 0.25) is 0 Å². The van der Waals surface area contributed by atoms with Crippen LogP contribution in [0.2, 0.25) is 0 Å². The van der Waals surface area contributed by atoms with Crippen LogP contribution in [0.5, 0.6) is 5.75 Å². The van der Waals surface area contributed by atoms with Gasteiger partial charge in [-0.3, -0.25) is 25.0 Å². The summed E-state index contributed by atoms with van der Waals surface area (Å²) < 4.78 is 5.24. The number of non-ortho nitro benzene ring substituents is 1. The minimum atomic E-state index is -0.673.